The van der Waals surface area contributed by atoms with Gasteiger partial charge >= 0.3 is 0 Å². The fourth-order valence-corrected chi connectivity index (χ4v) is 4.89. The first kappa shape index (κ1) is 24.7. The minimum atomic E-state index is -3.86. The van der Waals surface area contributed by atoms with Gasteiger partial charge in [-0.1, -0.05) is 50.2 Å². The maximum absolute atomic E-state index is 13.1. The Labute approximate surface area is 194 Å². The lowest BCUT2D eigenvalue weighted by molar-refractivity contribution is -0.120. The zero-order chi connectivity index (χ0) is 24.2. The lowest BCUT2D eigenvalue weighted by Crippen LogP contribution is -2.52. The third-order valence-electron chi connectivity index (χ3n) is 4.95. The van der Waals surface area contributed by atoms with Gasteiger partial charge < -0.3 is 10.1 Å². The van der Waals surface area contributed by atoms with Gasteiger partial charge in [0.25, 0.3) is 0 Å². The molecular weight excluding hydrogens is 443 g/mol. The summed E-state index contributed by atoms with van der Waals surface area (Å²) in [7, 11) is -3.86. The maximum atomic E-state index is 13.1. The Bertz CT molecular complexity index is 1240. The smallest absolute Gasteiger partial charge is 0.245 e. The molecule has 0 fully saturated rings. The largest absolute Gasteiger partial charge is 0.493 e. The highest BCUT2D eigenvalue weighted by Gasteiger charge is 2.33. The van der Waals surface area contributed by atoms with Crippen LogP contribution >= 0.6 is 0 Å². The first-order valence-electron chi connectivity index (χ1n) is 10.7. The number of anilines is 1. The van der Waals surface area contributed by atoms with E-state index in [0.717, 1.165) is 16.5 Å². The molecule has 33 heavy (non-hydrogen) atoms. The van der Waals surface area contributed by atoms with Crippen LogP contribution in [0, 0.1) is 11.7 Å². The molecule has 8 heteroatoms. The molecule has 0 unspecified atom stereocenters. The summed E-state index contributed by atoms with van der Waals surface area (Å²) in [4.78, 5) is 13.0. The van der Waals surface area contributed by atoms with Crippen LogP contribution in [-0.2, 0) is 20.6 Å². The summed E-state index contributed by atoms with van der Waals surface area (Å²) in [6.07, 6.45) is 0. The zero-order valence-electron chi connectivity index (χ0n) is 19.2. The van der Waals surface area contributed by atoms with Crippen molar-refractivity contribution in [2.45, 2.75) is 39.0 Å². The summed E-state index contributed by atoms with van der Waals surface area (Å²) in [5.41, 5.74) is -0.450. The van der Waals surface area contributed by atoms with Crippen molar-refractivity contribution in [1.82, 2.24) is 4.72 Å². The second kappa shape index (κ2) is 9.89. The second-order valence-electron chi connectivity index (χ2n) is 8.93. The fraction of sp³-hybridized carbons (Fsp3) is 0.320. The van der Waals surface area contributed by atoms with E-state index in [4.69, 9.17) is 4.74 Å². The second-order valence-corrected chi connectivity index (χ2v) is 10.7. The van der Waals surface area contributed by atoms with Gasteiger partial charge in [-0.25, -0.2) is 12.8 Å². The Balaban J connectivity index is 1.78. The predicted molar refractivity (Wildman–Crippen MR) is 129 cm³/mol. The van der Waals surface area contributed by atoms with Crippen molar-refractivity contribution in [2.75, 3.05) is 11.9 Å². The Morgan fingerprint density at radius 1 is 1.00 bits per heavy atom. The number of hydrogen-bond donors (Lipinski definition) is 2. The number of carbonyl (C=O) groups is 1. The van der Waals surface area contributed by atoms with Crippen molar-refractivity contribution in [3.63, 3.8) is 0 Å². The van der Waals surface area contributed by atoms with Gasteiger partial charge in [0.2, 0.25) is 15.9 Å². The van der Waals surface area contributed by atoms with Crippen LogP contribution in [0.5, 0.6) is 5.75 Å². The molecule has 0 aliphatic carbocycles. The van der Waals surface area contributed by atoms with Crippen LogP contribution in [0.2, 0.25) is 0 Å². The molecule has 2 N–H and O–H groups in total. The average molecular weight is 473 g/mol. The van der Waals surface area contributed by atoms with Crippen molar-refractivity contribution in [3.8, 4) is 5.75 Å². The minimum absolute atomic E-state index is 0.366. The third kappa shape index (κ3) is 6.52. The molecule has 3 rings (SSSR count). The van der Waals surface area contributed by atoms with Gasteiger partial charge in [-0.3, -0.25) is 4.79 Å². The molecule has 0 atom stereocenters. The van der Waals surface area contributed by atoms with Crippen molar-refractivity contribution in [2.24, 2.45) is 5.92 Å². The van der Waals surface area contributed by atoms with E-state index < -0.39 is 27.3 Å². The molecule has 3 aromatic rings. The van der Waals surface area contributed by atoms with Crippen molar-refractivity contribution in [3.05, 3.63) is 72.0 Å². The Hall–Kier alpha value is -2.97. The molecule has 0 aliphatic heterocycles. The molecule has 0 aliphatic rings. The van der Waals surface area contributed by atoms with Crippen LogP contribution in [0.3, 0.4) is 0 Å². The number of carbonyl (C=O) groups excluding carboxylic acids is 1. The topological polar surface area (TPSA) is 84.5 Å². The molecule has 6 nitrogen and oxygen atoms in total. The number of sulfonamides is 1. The summed E-state index contributed by atoms with van der Waals surface area (Å²) < 4.78 is 46.7. The van der Waals surface area contributed by atoms with Crippen LogP contribution in [0.1, 0.15) is 33.3 Å². The average Bonchev–Trinajstić information content (AvgIpc) is 2.73. The molecule has 3 aromatic carbocycles. The van der Waals surface area contributed by atoms with E-state index >= 15 is 0 Å². The van der Waals surface area contributed by atoms with Crippen LogP contribution in [-0.4, -0.2) is 26.5 Å². The molecule has 0 bridgehead atoms. The maximum Gasteiger partial charge on any atom is 0.245 e. The van der Waals surface area contributed by atoms with Crippen LogP contribution in [0.25, 0.3) is 10.8 Å². The van der Waals surface area contributed by atoms with E-state index in [1.54, 1.807) is 12.1 Å². The van der Waals surface area contributed by atoms with Gasteiger partial charge in [-0.2, -0.15) is 4.72 Å². The number of hydrogen-bond acceptors (Lipinski definition) is 4. The Kier molecular flexibility index (Phi) is 7.39. The molecule has 0 spiro atoms. The molecule has 176 valence electrons. The zero-order valence-corrected chi connectivity index (χ0v) is 20.0. The monoisotopic (exact) mass is 472 g/mol. The summed E-state index contributed by atoms with van der Waals surface area (Å²) in [6.45, 7) is 7.68. The number of rotatable bonds is 9. The van der Waals surface area contributed by atoms with E-state index in [9.17, 15) is 17.6 Å². The summed E-state index contributed by atoms with van der Waals surface area (Å²) in [5.74, 6) is -0.235. The highest BCUT2D eigenvalue weighted by atomic mass is 32.2. The highest BCUT2D eigenvalue weighted by molar-refractivity contribution is 7.88. The number of amides is 1. The van der Waals surface area contributed by atoms with E-state index in [1.165, 1.54) is 38.1 Å². The standard InChI is InChI=1S/C25H29FN2O4S/c1-17(2)15-32-23-14-13-22(20-7-5-6-8-21(20)23)27-24(29)25(3,4)28-33(30,31)16-18-9-11-19(26)12-10-18/h5-14,17,28H,15-16H2,1-4H3,(H,27,29). The normalized spacial score (nSPS) is 12.2. The van der Waals surface area contributed by atoms with Crippen molar-refractivity contribution in [1.29, 1.82) is 0 Å². The predicted octanol–water partition coefficient (Wildman–Crippen LogP) is 4.85. The van der Waals surface area contributed by atoms with Gasteiger partial charge in [0.05, 0.1) is 12.4 Å². The van der Waals surface area contributed by atoms with Gasteiger partial charge in [0, 0.05) is 16.5 Å². The van der Waals surface area contributed by atoms with Gasteiger partial charge in [0.15, 0.2) is 0 Å². The number of fused-ring (bicyclic) bond motifs is 1. The molecule has 0 heterocycles. The summed E-state index contributed by atoms with van der Waals surface area (Å²) in [6, 6.07) is 16.3. The number of halogens is 1. The van der Waals surface area contributed by atoms with E-state index in [0.29, 0.717) is 23.8 Å². The van der Waals surface area contributed by atoms with Crippen LogP contribution < -0.4 is 14.8 Å². The molecular formula is C25H29FN2O4S. The lowest BCUT2D eigenvalue weighted by atomic mass is 10.0. The molecule has 0 radical (unpaired) electrons. The Morgan fingerprint density at radius 2 is 1.64 bits per heavy atom. The highest BCUT2D eigenvalue weighted by Crippen LogP contribution is 2.32. The molecule has 0 saturated heterocycles. The minimum Gasteiger partial charge on any atom is -0.493 e. The van der Waals surface area contributed by atoms with Crippen molar-refractivity contribution < 1.29 is 22.3 Å². The Morgan fingerprint density at radius 3 is 2.27 bits per heavy atom. The first-order chi connectivity index (χ1) is 15.5. The lowest BCUT2D eigenvalue weighted by Gasteiger charge is -2.25. The van der Waals surface area contributed by atoms with Gasteiger partial charge in [0.1, 0.15) is 17.1 Å². The van der Waals surface area contributed by atoms with Gasteiger partial charge in [-0.15, -0.1) is 0 Å². The van der Waals surface area contributed by atoms with E-state index in [-0.39, 0.29) is 5.75 Å². The molecule has 0 saturated carbocycles. The van der Waals surface area contributed by atoms with Crippen molar-refractivity contribution >= 4 is 32.4 Å². The molecule has 1 amide bonds. The number of ether oxygens (including phenoxy) is 1. The van der Waals surface area contributed by atoms with Gasteiger partial charge in [-0.05, 0) is 49.6 Å². The third-order valence-corrected chi connectivity index (χ3v) is 6.49. The fourth-order valence-electron chi connectivity index (χ4n) is 3.31. The van der Waals surface area contributed by atoms with E-state index in [2.05, 4.69) is 23.9 Å². The number of benzene rings is 3. The molecule has 0 aromatic heterocycles. The number of nitrogens with one attached hydrogen (secondary N) is 2. The summed E-state index contributed by atoms with van der Waals surface area (Å²) in [5, 5.41) is 4.48. The summed E-state index contributed by atoms with van der Waals surface area (Å²) >= 11 is 0. The SMILES string of the molecule is CC(C)COc1ccc(NC(=O)C(C)(C)NS(=O)(=O)Cc2ccc(F)cc2)c2ccccc12. The van der Waals surface area contributed by atoms with Crippen LogP contribution in [0.4, 0.5) is 10.1 Å². The quantitative estimate of drug-likeness (QED) is 0.466. The van der Waals surface area contributed by atoms with E-state index in [1.807, 2.05) is 24.3 Å². The van der Waals surface area contributed by atoms with Crippen LogP contribution in [0.15, 0.2) is 60.7 Å². The first-order valence-corrected chi connectivity index (χ1v) is 12.3.